The summed E-state index contributed by atoms with van der Waals surface area (Å²) in [5.74, 6) is 0.180. The van der Waals surface area contributed by atoms with E-state index in [2.05, 4.69) is 26.0 Å². The van der Waals surface area contributed by atoms with Gasteiger partial charge in [0.15, 0.2) is 0 Å². The van der Waals surface area contributed by atoms with Crippen molar-refractivity contribution in [3.63, 3.8) is 0 Å². The van der Waals surface area contributed by atoms with Crippen LogP contribution in [0.5, 0.6) is 5.75 Å². The standard InChI is InChI=1S/C21H18FN4O/c1-13-7-18-15(12-25-21(18)24-10-13)8-14-3-4-17(26-20(14)22)9-16-11-23-6-5-19(16)27-2/h3-7,9-12H,8H2,1-2H3,(H,24,25). The van der Waals surface area contributed by atoms with E-state index >= 15 is 0 Å². The predicted octanol–water partition coefficient (Wildman–Crippen LogP) is 4.00. The van der Waals surface area contributed by atoms with Crippen LogP contribution >= 0.6 is 0 Å². The minimum absolute atomic E-state index is 0.445. The van der Waals surface area contributed by atoms with E-state index in [1.807, 2.05) is 19.3 Å². The molecular formula is C21H18FN4O. The topological polar surface area (TPSA) is 63.7 Å². The van der Waals surface area contributed by atoms with Gasteiger partial charge in [0.1, 0.15) is 11.4 Å². The molecule has 0 aliphatic heterocycles. The number of hydrogen-bond acceptors (Lipinski definition) is 4. The van der Waals surface area contributed by atoms with Crippen LogP contribution in [0, 0.1) is 19.3 Å². The van der Waals surface area contributed by atoms with Crippen LogP contribution in [0.2, 0.25) is 0 Å². The minimum Gasteiger partial charge on any atom is -0.496 e. The first-order valence-electron chi connectivity index (χ1n) is 8.55. The average molecular weight is 361 g/mol. The van der Waals surface area contributed by atoms with Crippen molar-refractivity contribution < 1.29 is 9.13 Å². The van der Waals surface area contributed by atoms with Gasteiger partial charge in [0, 0.05) is 54.1 Å². The lowest BCUT2D eigenvalue weighted by molar-refractivity contribution is 0.412. The second-order valence-corrected chi connectivity index (χ2v) is 6.35. The number of hydrogen-bond donors (Lipinski definition) is 1. The first-order valence-corrected chi connectivity index (χ1v) is 8.55. The van der Waals surface area contributed by atoms with E-state index in [0.717, 1.165) is 27.7 Å². The highest BCUT2D eigenvalue weighted by molar-refractivity contribution is 5.80. The number of aryl methyl sites for hydroxylation is 1. The monoisotopic (exact) mass is 361 g/mol. The third-order valence-electron chi connectivity index (χ3n) is 4.42. The molecule has 27 heavy (non-hydrogen) atoms. The quantitative estimate of drug-likeness (QED) is 0.546. The molecule has 4 aromatic rings. The summed E-state index contributed by atoms with van der Waals surface area (Å²) in [5.41, 5.74) is 4.66. The number of nitrogens with zero attached hydrogens (tertiary/aromatic N) is 3. The van der Waals surface area contributed by atoms with Gasteiger partial charge in [-0.3, -0.25) is 4.98 Å². The summed E-state index contributed by atoms with van der Waals surface area (Å²) in [6, 6.07) is 7.36. The van der Waals surface area contributed by atoms with Crippen molar-refractivity contribution in [3.8, 4) is 5.75 Å². The van der Waals surface area contributed by atoms with E-state index < -0.39 is 5.95 Å². The fourth-order valence-electron chi connectivity index (χ4n) is 3.05. The molecule has 1 N–H and O–H groups in total. The van der Waals surface area contributed by atoms with Gasteiger partial charge < -0.3 is 9.72 Å². The van der Waals surface area contributed by atoms with Crippen molar-refractivity contribution in [2.75, 3.05) is 7.11 Å². The summed E-state index contributed by atoms with van der Waals surface area (Å²) < 4.78 is 19.9. The molecule has 0 bridgehead atoms. The fraction of sp³-hybridized carbons (Fsp3) is 0.143. The Hall–Kier alpha value is -3.28. The number of methoxy groups -OCH3 is 1. The molecule has 6 heteroatoms. The van der Waals surface area contributed by atoms with E-state index in [0.29, 0.717) is 23.4 Å². The Balaban J connectivity index is 1.59. The highest BCUT2D eigenvalue weighted by atomic mass is 19.1. The number of nitrogens with one attached hydrogen (secondary N) is 1. The summed E-state index contributed by atoms with van der Waals surface area (Å²) in [5, 5.41) is 1.00. The lowest BCUT2D eigenvalue weighted by Gasteiger charge is -2.08. The molecule has 0 fully saturated rings. The predicted molar refractivity (Wildman–Crippen MR) is 101 cm³/mol. The summed E-state index contributed by atoms with van der Waals surface area (Å²) in [6.45, 7) is 1.99. The van der Waals surface area contributed by atoms with Gasteiger partial charge in [0.25, 0.3) is 0 Å². The molecule has 4 aromatic heterocycles. The van der Waals surface area contributed by atoms with Gasteiger partial charge in [0.2, 0.25) is 5.95 Å². The molecule has 0 aliphatic carbocycles. The Morgan fingerprint density at radius 1 is 1.19 bits per heavy atom. The smallest absolute Gasteiger partial charge is 0.216 e. The molecule has 1 radical (unpaired) electrons. The van der Waals surface area contributed by atoms with E-state index in [1.54, 1.807) is 44.1 Å². The Bertz CT molecular complexity index is 1110. The Morgan fingerprint density at radius 3 is 2.89 bits per heavy atom. The van der Waals surface area contributed by atoms with Crippen LogP contribution < -0.4 is 4.74 Å². The third-order valence-corrected chi connectivity index (χ3v) is 4.42. The first kappa shape index (κ1) is 17.1. The molecule has 0 amide bonds. The Labute approximate surface area is 156 Å². The maximum Gasteiger partial charge on any atom is 0.216 e. The zero-order chi connectivity index (χ0) is 18.8. The number of rotatable bonds is 5. The second kappa shape index (κ2) is 7.15. The lowest BCUT2D eigenvalue weighted by atomic mass is 10.0. The van der Waals surface area contributed by atoms with Crippen molar-refractivity contribution >= 4 is 11.0 Å². The molecule has 0 saturated carbocycles. The van der Waals surface area contributed by atoms with Crippen LogP contribution in [0.25, 0.3) is 11.0 Å². The van der Waals surface area contributed by atoms with Crippen molar-refractivity contribution in [2.45, 2.75) is 13.3 Å². The molecular weight excluding hydrogens is 343 g/mol. The maximum absolute atomic E-state index is 14.6. The molecule has 0 aliphatic rings. The summed E-state index contributed by atoms with van der Waals surface area (Å²) in [7, 11) is 1.58. The molecule has 0 saturated heterocycles. The van der Waals surface area contributed by atoms with Gasteiger partial charge in [-0.1, -0.05) is 6.07 Å². The molecule has 135 valence electrons. The Kier molecular flexibility index (Phi) is 4.54. The molecule has 0 spiro atoms. The number of pyridine rings is 3. The lowest BCUT2D eigenvalue weighted by Crippen LogP contribution is -2.00. The van der Waals surface area contributed by atoms with Gasteiger partial charge in [-0.25, -0.2) is 9.97 Å². The molecule has 0 aromatic carbocycles. The number of ether oxygens (including phenoxy) is 1. The number of fused-ring (bicyclic) bond motifs is 1. The third kappa shape index (κ3) is 3.51. The highest BCUT2D eigenvalue weighted by Gasteiger charge is 2.12. The normalized spacial score (nSPS) is 11.1. The summed E-state index contributed by atoms with van der Waals surface area (Å²) in [4.78, 5) is 15.6. The Morgan fingerprint density at radius 2 is 2.07 bits per heavy atom. The van der Waals surface area contributed by atoms with Crippen LogP contribution in [0.1, 0.15) is 27.9 Å². The number of aromatic amines is 1. The van der Waals surface area contributed by atoms with Crippen molar-refractivity contribution in [3.05, 3.63) is 89.4 Å². The van der Waals surface area contributed by atoms with Crippen LogP contribution in [0.4, 0.5) is 4.39 Å². The fourth-order valence-corrected chi connectivity index (χ4v) is 3.05. The van der Waals surface area contributed by atoms with E-state index in [9.17, 15) is 4.39 Å². The van der Waals surface area contributed by atoms with Crippen LogP contribution in [0.3, 0.4) is 0 Å². The molecule has 4 rings (SSSR count). The largest absolute Gasteiger partial charge is 0.496 e. The van der Waals surface area contributed by atoms with Gasteiger partial charge in [-0.15, -0.1) is 0 Å². The average Bonchev–Trinajstić information content (AvgIpc) is 3.06. The summed E-state index contributed by atoms with van der Waals surface area (Å²) in [6.07, 6.45) is 9.18. The molecule has 4 heterocycles. The zero-order valence-corrected chi connectivity index (χ0v) is 15.0. The number of H-pyrrole nitrogens is 1. The van der Waals surface area contributed by atoms with Gasteiger partial charge in [-0.05, 0) is 36.2 Å². The van der Waals surface area contributed by atoms with Gasteiger partial charge in [0.05, 0.1) is 12.8 Å². The van der Waals surface area contributed by atoms with Crippen LogP contribution in [-0.2, 0) is 6.42 Å². The molecule has 0 atom stereocenters. The maximum atomic E-state index is 14.6. The van der Waals surface area contributed by atoms with Gasteiger partial charge in [-0.2, -0.15) is 4.39 Å². The minimum atomic E-state index is -0.485. The number of aromatic nitrogens is 4. The zero-order valence-electron chi connectivity index (χ0n) is 15.0. The molecule has 0 unspecified atom stereocenters. The van der Waals surface area contributed by atoms with Crippen LogP contribution in [-0.4, -0.2) is 27.0 Å². The second-order valence-electron chi connectivity index (χ2n) is 6.35. The first-order chi connectivity index (χ1) is 13.1. The van der Waals surface area contributed by atoms with Crippen molar-refractivity contribution in [1.29, 1.82) is 0 Å². The van der Waals surface area contributed by atoms with Gasteiger partial charge >= 0.3 is 0 Å². The van der Waals surface area contributed by atoms with Crippen molar-refractivity contribution in [1.82, 2.24) is 19.9 Å². The number of halogens is 1. The summed E-state index contributed by atoms with van der Waals surface area (Å²) >= 11 is 0. The van der Waals surface area contributed by atoms with Crippen LogP contribution in [0.15, 0.2) is 49.1 Å². The molecule has 5 nitrogen and oxygen atoms in total. The van der Waals surface area contributed by atoms with E-state index in [-0.39, 0.29) is 0 Å². The van der Waals surface area contributed by atoms with E-state index in [4.69, 9.17) is 4.74 Å². The SMILES string of the molecule is COc1ccncc1[CH]c1ccc(Cc2c[nH]c3ncc(C)cc23)c(F)n1. The van der Waals surface area contributed by atoms with Crippen molar-refractivity contribution in [2.24, 2.45) is 0 Å². The van der Waals surface area contributed by atoms with E-state index in [1.165, 1.54) is 0 Å². The highest BCUT2D eigenvalue weighted by Crippen LogP contribution is 2.24.